The summed E-state index contributed by atoms with van der Waals surface area (Å²) >= 11 is 3.54. The summed E-state index contributed by atoms with van der Waals surface area (Å²) in [6, 6.07) is 13.5. The van der Waals surface area contributed by atoms with Crippen molar-refractivity contribution in [3.05, 3.63) is 58.1 Å². The molecule has 182 valence electrons. The van der Waals surface area contributed by atoms with Crippen molar-refractivity contribution in [3.8, 4) is 11.5 Å². The lowest BCUT2D eigenvalue weighted by Gasteiger charge is -2.31. The van der Waals surface area contributed by atoms with Gasteiger partial charge in [-0.15, -0.1) is 12.4 Å². The van der Waals surface area contributed by atoms with E-state index in [4.69, 9.17) is 15.3 Å². The topological polar surface area (TPSA) is 77.2 Å². The number of benzene rings is 2. The Bertz CT molecular complexity index is 881. The Morgan fingerprint density at radius 2 is 1.52 bits per heavy atom. The molecule has 33 heavy (non-hydrogen) atoms. The summed E-state index contributed by atoms with van der Waals surface area (Å²) in [5, 5.41) is 3.50. The molecule has 8 heteroatoms. The molecule has 0 atom stereocenters. The van der Waals surface area contributed by atoms with Crippen molar-refractivity contribution in [1.29, 1.82) is 0 Å². The highest BCUT2D eigenvalue weighted by Crippen LogP contribution is 2.26. The van der Waals surface area contributed by atoms with Crippen molar-refractivity contribution in [2.24, 2.45) is 10.9 Å². The van der Waals surface area contributed by atoms with Gasteiger partial charge in [0.25, 0.3) is 5.91 Å². The van der Waals surface area contributed by atoms with Crippen LogP contribution in [0.15, 0.2) is 52.0 Å². The molecule has 0 unspecified atom stereocenters. The van der Waals surface area contributed by atoms with Crippen LogP contribution in [0.25, 0.3) is 0 Å². The minimum Gasteiger partial charge on any atom is -0.494 e. The maximum atomic E-state index is 12.9. The van der Waals surface area contributed by atoms with Crippen molar-refractivity contribution < 1.29 is 14.3 Å². The summed E-state index contributed by atoms with van der Waals surface area (Å²) in [5.41, 5.74) is 1.60. The Morgan fingerprint density at radius 3 is 2.03 bits per heavy atom. The minimum absolute atomic E-state index is 0. The molecule has 0 spiro atoms. The minimum atomic E-state index is 0. The first kappa shape index (κ1) is 28.8. The SMILES string of the molecule is CC(C)N(C(=O)c1ccc(OCCCCCOc2ccc(C=NN)cc2)cc1Br)C(C)C.Cl. The molecule has 1 amide bonds. The highest BCUT2D eigenvalue weighted by Gasteiger charge is 2.23. The fourth-order valence-corrected chi connectivity index (χ4v) is 3.99. The fraction of sp³-hybridized carbons (Fsp3) is 0.440. The standard InChI is InChI=1S/C25H34BrN3O3.ClH/c1-18(2)29(19(3)4)25(30)23-13-12-22(16-24(23)26)32-15-7-5-6-14-31-21-10-8-20(9-11-21)17-28-27;/h8-13,16-19H,5-7,14-15,27H2,1-4H3;1H. The molecule has 0 aliphatic carbocycles. The number of nitrogens with zero attached hydrogens (tertiary/aromatic N) is 2. The summed E-state index contributed by atoms with van der Waals surface area (Å²) in [4.78, 5) is 14.8. The summed E-state index contributed by atoms with van der Waals surface area (Å²) in [6.07, 6.45) is 4.49. The number of rotatable bonds is 12. The molecule has 2 aromatic carbocycles. The van der Waals surface area contributed by atoms with E-state index in [1.807, 2.05) is 75.1 Å². The van der Waals surface area contributed by atoms with Gasteiger partial charge in [0, 0.05) is 16.6 Å². The molecule has 2 rings (SSSR count). The lowest BCUT2D eigenvalue weighted by atomic mass is 10.1. The van der Waals surface area contributed by atoms with Gasteiger partial charge in [0.2, 0.25) is 0 Å². The predicted octanol–water partition coefficient (Wildman–Crippen LogP) is 6.05. The second-order valence-electron chi connectivity index (χ2n) is 8.15. The first-order valence-corrected chi connectivity index (χ1v) is 11.8. The fourth-order valence-electron chi connectivity index (χ4n) is 3.46. The third-order valence-electron chi connectivity index (χ3n) is 4.95. The second-order valence-corrected chi connectivity index (χ2v) is 9.00. The number of amides is 1. The molecule has 6 nitrogen and oxygen atoms in total. The number of halogens is 2. The van der Waals surface area contributed by atoms with Gasteiger partial charge in [0.05, 0.1) is 25.0 Å². The van der Waals surface area contributed by atoms with Gasteiger partial charge in [-0.1, -0.05) is 0 Å². The molecular formula is C25H35BrClN3O3. The summed E-state index contributed by atoms with van der Waals surface area (Å²) in [5.74, 6) is 6.76. The van der Waals surface area contributed by atoms with E-state index in [-0.39, 0.29) is 30.4 Å². The molecule has 0 heterocycles. The zero-order valence-corrected chi connectivity index (χ0v) is 22.2. The number of hydrogen-bond acceptors (Lipinski definition) is 5. The zero-order chi connectivity index (χ0) is 23.5. The summed E-state index contributed by atoms with van der Waals surface area (Å²) in [6.45, 7) is 9.41. The van der Waals surface area contributed by atoms with E-state index in [1.54, 1.807) is 6.21 Å². The van der Waals surface area contributed by atoms with E-state index in [2.05, 4.69) is 21.0 Å². The van der Waals surface area contributed by atoms with Gasteiger partial charge in [-0.05, 0) is 111 Å². The molecule has 0 fully saturated rings. The van der Waals surface area contributed by atoms with Gasteiger partial charge in [0.1, 0.15) is 11.5 Å². The number of carbonyl (C=O) groups excluding carboxylic acids is 1. The molecule has 0 aliphatic rings. The van der Waals surface area contributed by atoms with E-state index < -0.39 is 0 Å². The Hall–Kier alpha value is -2.25. The van der Waals surface area contributed by atoms with Crippen LogP contribution in [0.1, 0.15) is 62.9 Å². The third-order valence-corrected chi connectivity index (χ3v) is 5.60. The van der Waals surface area contributed by atoms with E-state index in [0.29, 0.717) is 18.8 Å². The normalized spacial score (nSPS) is 11.0. The van der Waals surface area contributed by atoms with Gasteiger partial charge >= 0.3 is 0 Å². The van der Waals surface area contributed by atoms with Crippen LogP contribution in [0.5, 0.6) is 11.5 Å². The second kappa shape index (κ2) is 14.8. The summed E-state index contributed by atoms with van der Waals surface area (Å²) in [7, 11) is 0. The Labute approximate surface area is 212 Å². The van der Waals surface area contributed by atoms with Crippen molar-refractivity contribution in [2.45, 2.75) is 59.0 Å². The molecule has 0 saturated heterocycles. The largest absolute Gasteiger partial charge is 0.494 e. The van der Waals surface area contributed by atoms with E-state index >= 15 is 0 Å². The average Bonchev–Trinajstić information content (AvgIpc) is 2.74. The molecule has 0 aromatic heterocycles. The maximum absolute atomic E-state index is 12.9. The Morgan fingerprint density at radius 1 is 0.970 bits per heavy atom. The number of unbranched alkanes of at least 4 members (excludes halogenated alkanes) is 2. The van der Waals surface area contributed by atoms with Crippen LogP contribution in [0.4, 0.5) is 0 Å². The molecule has 0 aliphatic heterocycles. The number of nitrogens with two attached hydrogens (primary N) is 1. The predicted molar refractivity (Wildman–Crippen MR) is 141 cm³/mol. The Kier molecular flexibility index (Phi) is 12.9. The maximum Gasteiger partial charge on any atom is 0.255 e. The van der Waals surface area contributed by atoms with Gasteiger partial charge in [-0.2, -0.15) is 5.10 Å². The molecule has 0 bridgehead atoms. The average molecular weight is 541 g/mol. The quantitative estimate of drug-likeness (QED) is 0.154. The van der Waals surface area contributed by atoms with Crippen LogP contribution in [0.3, 0.4) is 0 Å². The van der Waals surface area contributed by atoms with Crippen LogP contribution in [-0.2, 0) is 0 Å². The monoisotopic (exact) mass is 539 g/mol. The molecule has 0 saturated carbocycles. The van der Waals surface area contributed by atoms with Gasteiger partial charge in [-0.3, -0.25) is 4.79 Å². The third kappa shape index (κ3) is 9.26. The lowest BCUT2D eigenvalue weighted by molar-refractivity contribution is 0.0642. The molecular weight excluding hydrogens is 506 g/mol. The van der Waals surface area contributed by atoms with Crippen molar-refractivity contribution in [1.82, 2.24) is 4.90 Å². The molecule has 2 aromatic rings. The van der Waals surface area contributed by atoms with Gasteiger partial charge in [-0.25, -0.2) is 0 Å². The van der Waals surface area contributed by atoms with Crippen molar-refractivity contribution in [2.75, 3.05) is 13.2 Å². The van der Waals surface area contributed by atoms with Crippen LogP contribution in [-0.4, -0.2) is 42.3 Å². The van der Waals surface area contributed by atoms with E-state index in [9.17, 15) is 4.79 Å². The van der Waals surface area contributed by atoms with Crippen LogP contribution in [0.2, 0.25) is 0 Å². The smallest absolute Gasteiger partial charge is 0.255 e. The highest BCUT2D eigenvalue weighted by atomic mass is 79.9. The van der Waals surface area contributed by atoms with Crippen LogP contribution < -0.4 is 15.3 Å². The van der Waals surface area contributed by atoms with Crippen LogP contribution in [0, 0.1) is 0 Å². The Balaban J connectivity index is 0.00000544. The van der Waals surface area contributed by atoms with Crippen molar-refractivity contribution >= 4 is 40.5 Å². The number of ether oxygens (including phenoxy) is 2. The van der Waals surface area contributed by atoms with E-state index in [1.165, 1.54) is 0 Å². The lowest BCUT2D eigenvalue weighted by Crippen LogP contribution is -2.42. The first-order valence-electron chi connectivity index (χ1n) is 11.0. The molecule has 0 radical (unpaired) electrons. The first-order chi connectivity index (χ1) is 15.3. The van der Waals surface area contributed by atoms with Gasteiger partial charge in [0.15, 0.2) is 0 Å². The number of hydrogen-bond donors (Lipinski definition) is 1. The van der Waals surface area contributed by atoms with Gasteiger partial charge < -0.3 is 20.2 Å². The highest BCUT2D eigenvalue weighted by molar-refractivity contribution is 9.10. The number of hydrazone groups is 1. The number of carbonyl (C=O) groups is 1. The van der Waals surface area contributed by atoms with Crippen molar-refractivity contribution in [3.63, 3.8) is 0 Å². The summed E-state index contributed by atoms with van der Waals surface area (Å²) < 4.78 is 12.4. The van der Waals surface area contributed by atoms with E-state index in [0.717, 1.165) is 40.8 Å². The zero-order valence-electron chi connectivity index (χ0n) is 19.8. The molecule has 2 N–H and O–H groups in total. The van der Waals surface area contributed by atoms with Crippen LogP contribution >= 0.6 is 28.3 Å².